The minimum atomic E-state index is -0.429. The van der Waals surface area contributed by atoms with Crippen LogP contribution in [0.4, 0.5) is 14.5 Å². The molecule has 0 aliphatic heterocycles. The molecular formula is C13H9F2NO. The van der Waals surface area contributed by atoms with Crippen molar-refractivity contribution < 1.29 is 13.6 Å². The lowest BCUT2D eigenvalue weighted by Gasteiger charge is -2.04. The molecule has 0 aliphatic carbocycles. The highest BCUT2D eigenvalue weighted by Gasteiger charge is 2.06. The molecule has 0 heterocycles. The van der Waals surface area contributed by atoms with Crippen LogP contribution in [0, 0.1) is 11.6 Å². The van der Waals surface area contributed by atoms with Gasteiger partial charge < -0.3 is 5.32 Å². The van der Waals surface area contributed by atoms with E-state index < -0.39 is 17.5 Å². The van der Waals surface area contributed by atoms with Gasteiger partial charge in [-0.3, -0.25) is 4.79 Å². The number of halogens is 2. The van der Waals surface area contributed by atoms with Crippen molar-refractivity contribution in [2.24, 2.45) is 0 Å². The highest BCUT2D eigenvalue weighted by Crippen LogP contribution is 2.11. The first kappa shape index (κ1) is 11.3. The molecule has 0 aliphatic rings. The fourth-order valence-electron chi connectivity index (χ4n) is 1.37. The topological polar surface area (TPSA) is 29.1 Å². The van der Waals surface area contributed by atoms with Crippen molar-refractivity contribution in [3.05, 3.63) is 65.7 Å². The van der Waals surface area contributed by atoms with E-state index in [2.05, 4.69) is 5.32 Å². The van der Waals surface area contributed by atoms with Crippen molar-refractivity contribution in [2.45, 2.75) is 0 Å². The third kappa shape index (κ3) is 2.87. The van der Waals surface area contributed by atoms with E-state index in [-0.39, 0.29) is 0 Å². The molecule has 2 rings (SSSR count). The van der Waals surface area contributed by atoms with Gasteiger partial charge in [0.1, 0.15) is 11.6 Å². The monoisotopic (exact) mass is 233 g/mol. The van der Waals surface area contributed by atoms with Gasteiger partial charge in [-0.1, -0.05) is 6.07 Å². The van der Waals surface area contributed by atoms with Crippen molar-refractivity contribution >= 4 is 11.6 Å². The van der Waals surface area contributed by atoms with Gasteiger partial charge >= 0.3 is 0 Å². The zero-order valence-corrected chi connectivity index (χ0v) is 8.78. The summed E-state index contributed by atoms with van der Waals surface area (Å²) in [6.07, 6.45) is 0. The van der Waals surface area contributed by atoms with Gasteiger partial charge in [-0.2, -0.15) is 0 Å². The normalized spacial score (nSPS) is 10.0. The van der Waals surface area contributed by atoms with Crippen LogP contribution in [0.2, 0.25) is 0 Å². The smallest absolute Gasteiger partial charge is 0.255 e. The largest absolute Gasteiger partial charge is 0.322 e. The number of hydrogen-bond donors (Lipinski definition) is 1. The Labute approximate surface area is 96.9 Å². The Bertz CT molecular complexity index is 537. The average Bonchev–Trinajstić information content (AvgIpc) is 2.29. The Morgan fingerprint density at radius 2 is 1.65 bits per heavy atom. The molecule has 2 nitrogen and oxygen atoms in total. The van der Waals surface area contributed by atoms with E-state index in [1.807, 2.05) is 0 Å². The Hall–Kier alpha value is -2.23. The summed E-state index contributed by atoms with van der Waals surface area (Å²) in [6, 6.07) is 10.7. The molecule has 17 heavy (non-hydrogen) atoms. The second-order valence-electron chi connectivity index (χ2n) is 3.47. The summed E-state index contributed by atoms with van der Waals surface area (Å²) in [5.74, 6) is -1.25. The Kier molecular flexibility index (Phi) is 3.14. The number of hydrogen-bond acceptors (Lipinski definition) is 1. The second-order valence-corrected chi connectivity index (χ2v) is 3.47. The van der Waals surface area contributed by atoms with Gasteiger partial charge in [0, 0.05) is 11.3 Å². The summed E-state index contributed by atoms with van der Waals surface area (Å²) in [7, 11) is 0. The summed E-state index contributed by atoms with van der Waals surface area (Å²) in [5.41, 5.74) is 0.676. The fraction of sp³-hybridized carbons (Fsp3) is 0. The first-order valence-electron chi connectivity index (χ1n) is 4.97. The molecule has 0 fully saturated rings. The third-order valence-electron chi connectivity index (χ3n) is 2.19. The van der Waals surface area contributed by atoms with Gasteiger partial charge in [0.2, 0.25) is 0 Å². The van der Waals surface area contributed by atoms with E-state index in [0.717, 1.165) is 0 Å². The van der Waals surface area contributed by atoms with Crippen LogP contribution in [0.5, 0.6) is 0 Å². The molecule has 1 N–H and O–H groups in total. The van der Waals surface area contributed by atoms with Crippen molar-refractivity contribution in [2.75, 3.05) is 5.32 Å². The van der Waals surface area contributed by atoms with Crippen LogP contribution in [-0.2, 0) is 0 Å². The number of rotatable bonds is 2. The lowest BCUT2D eigenvalue weighted by atomic mass is 10.2. The van der Waals surface area contributed by atoms with Crippen LogP contribution in [0.1, 0.15) is 10.4 Å². The van der Waals surface area contributed by atoms with E-state index in [4.69, 9.17) is 0 Å². The zero-order chi connectivity index (χ0) is 12.3. The summed E-state index contributed by atoms with van der Waals surface area (Å²) in [6.45, 7) is 0. The number of benzene rings is 2. The Morgan fingerprint density at radius 1 is 0.941 bits per heavy atom. The number of carbonyl (C=O) groups excluding carboxylic acids is 1. The summed E-state index contributed by atoms with van der Waals surface area (Å²) < 4.78 is 25.5. The molecule has 0 spiro atoms. The van der Waals surface area contributed by atoms with Gasteiger partial charge in [0.25, 0.3) is 5.91 Å². The molecule has 4 heteroatoms. The summed E-state index contributed by atoms with van der Waals surface area (Å²) in [5, 5.41) is 2.52. The first-order valence-corrected chi connectivity index (χ1v) is 4.97. The average molecular weight is 233 g/mol. The number of amides is 1. The lowest BCUT2D eigenvalue weighted by Crippen LogP contribution is -2.11. The Morgan fingerprint density at radius 3 is 2.29 bits per heavy atom. The fourth-order valence-corrected chi connectivity index (χ4v) is 1.37. The maximum atomic E-state index is 12.9. The SMILES string of the molecule is O=C(Nc1cccc(F)c1)c1ccc(F)cc1. The van der Waals surface area contributed by atoms with E-state index >= 15 is 0 Å². The predicted octanol–water partition coefficient (Wildman–Crippen LogP) is 3.22. The van der Waals surface area contributed by atoms with E-state index in [1.165, 1.54) is 42.5 Å². The predicted molar refractivity (Wildman–Crippen MR) is 60.8 cm³/mol. The van der Waals surface area contributed by atoms with E-state index in [9.17, 15) is 13.6 Å². The van der Waals surface area contributed by atoms with Gasteiger partial charge in [0.05, 0.1) is 0 Å². The maximum Gasteiger partial charge on any atom is 0.255 e. The van der Waals surface area contributed by atoms with Crippen molar-refractivity contribution in [1.29, 1.82) is 0 Å². The molecular weight excluding hydrogens is 224 g/mol. The van der Waals surface area contributed by atoms with Crippen molar-refractivity contribution in [3.8, 4) is 0 Å². The quantitative estimate of drug-likeness (QED) is 0.847. The highest BCUT2D eigenvalue weighted by atomic mass is 19.1. The molecule has 0 unspecified atom stereocenters. The summed E-state index contributed by atoms with van der Waals surface area (Å²) >= 11 is 0. The van der Waals surface area contributed by atoms with E-state index in [0.29, 0.717) is 11.3 Å². The van der Waals surface area contributed by atoms with Crippen LogP contribution >= 0.6 is 0 Å². The number of anilines is 1. The minimum absolute atomic E-state index is 0.315. The van der Waals surface area contributed by atoms with Crippen molar-refractivity contribution in [3.63, 3.8) is 0 Å². The van der Waals surface area contributed by atoms with Crippen molar-refractivity contribution in [1.82, 2.24) is 0 Å². The molecule has 1 amide bonds. The van der Waals surface area contributed by atoms with Crippen LogP contribution in [-0.4, -0.2) is 5.91 Å². The van der Waals surface area contributed by atoms with Gasteiger partial charge in [-0.15, -0.1) is 0 Å². The Balaban J connectivity index is 2.14. The van der Waals surface area contributed by atoms with E-state index in [1.54, 1.807) is 6.07 Å². The molecule has 2 aromatic rings. The van der Waals surface area contributed by atoms with Crippen LogP contribution in [0.25, 0.3) is 0 Å². The maximum absolute atomic E-state index is 12.9. The molecule has 0 bridgehead atoms. The highest BCUT2D eigenvalue weighted by molar-refractivity contribution is 6.04. The minimum Gasteiger partial charge on any atom is -0.322 e. The third-order valence-corrected chi connectivity index (χ3v) is 2.19. The van der Waals surface area contributed by atoms with Crippen LogP contribution < -0.4 is 5.32 Å². The first-order chi connectivity index (χ1) is 8.15. The molecule has 0 saturated carbocycles. The van der Waals surface area contributed by atoms with Gasteiger partial charge in [-0.25, -0.2) is 8.78 Å². The zero-order valence-electron chi connectivity index (χ0n) is 8.78. The molecule has 0 atom stereocenters. The molecule has 0 saturated heterocycles. The van der Waals surface area contributed by atoms with Crippen LogP contribution in [0.3, 0.4) is 0 Å². The second kappa shape index (κ2) is 4.74. The molecule has 2 aromatic carbocycles. The van der Waals surface area contributed by atoms with Crippen LogP contribution in [0.15, 0.2) is 48.5 Å². The molecule has 86 valence electrons. The molecule has 0 radical (unpaired) electrons. The summed E-state index contributed by atoms with van der Waals surface area (Å²) in [4.78, 5) is 11.7. The van der Waals surface area contributed by atoms with Gasteiger partial charge in [0.15, 0.2) is 0 Å². The standard InChI is InChI=1S/C13H9F2NO/c14-10-6-4-9(5-7-10)13(17)16-12-3-1-2-11(15)8-12/h1-8H,(H,16,17). The molecule has 0 aromatic heterocycles. The van der Waals surface area contributed by atoms with Gasteiger partial charge in [-0.05, 0) is 42.5 Å². The number of carbonyl (C=O) groups is 1. The lowest BCUT2D eigenvalue weighted by molar-refractivity contribution is 0.102. The number of nitrogens with one attached hydrogen (secondary N) is 1.